The van der Waals surface area contributed by atoms with Crippen molar-refractivity contribution >= 4 is 12.0 Å². The van der Waals surface area contributed by atoms with Gasteiger partial charge in [-0.3, -0.25) is 4.79 Å². The third-order valence-corrected chi connectivity index (χ3v) is 2.78. The minimum absolute atomic E-state index is 0.0436. The molecule has 0 atom stereocenters. The first kappa shape index (κ1) is 16.4. The van der Waals surface area contributed by atoms with Gasteiger partial charge in [0.2, 0.25) is 0 Å². The van der Waals surface area contributed by atoms with Crippen LogP contribution in [0.4, 0.5) is 4.79 Å². The van der Waals surface area contributed by atoms with E-state index in [4.69, 9.17) is 16.3 Å². The number of urea groups is 1. The Morgan fingerprint density at radius 2 is 1.95 bits per heavy atom. The van der Waals surface area contributed by atoms with E-state index in [2.05, 4.69) is 5.92 Å². The van der Waals surface area contributed by atoms with Crippen LogP contribution in [-0.4, -0.2) is 54.2 Å². The number of carboxylic acid groups (broad SMARTS) is 1. The zero-order valence-corrected chi connectivity index (χ0v) is 12.1. The second-order valence-electron chi connectivity index (χ2n) is 4.44. The van der Waals surface area contributed by atoms with E-state index in [0.29, 0.717) is 6.54 Å². The number of rotatable bonds is 6. The van der Waals surface area contributed by atoms with E-state index in [0.717, 1.165) is 16.2 Å². The summed E-state index contributed by atoms with van der Waals surface area (Å²) in [6.45, 7) is -0.114. The first-order chi connectivity index (χ1) is 9.97. The number of terminal acetylenes is 1. The van der Waals surface area contributed by atoms with Crippen molar-refractivity contribution in [1.82, 2.24) is 9.80 Å². The van der Waals surface area contributed by atoms with Crippen LogP contribution in [0.15, 0.2) is 24.3 Å². The van der Waals surface area contributed by atoms with Crippen LogP contribution in [0.3, 0.4) is 0 Å². The average molecular weight is 290 g/mol. The predicted molar refractivity (Wildman–Crippen MR) is 77.9 cm³/mol. The van der Waals surface area contributed by atoms with Crippen molar-refractivity contribution in [3.8, 4) is 18.1 Å². The van der Waals surface area contributed by atoms with E-state index in [1.54, 1.807) is 26.3 Å². The number of amides is 2. The molecule has 0 saturated carbocycles. The Labute approximate surface area is 123 Å². The molecule has 1 N–H and O–H groups in total. The zero-order valence-electron chi connectivity index (χ0n) is 12.1. The Bertz CT molecular complexity index is 534. The van der Waals surface area contributed by atoms with Crippen LogP contribution in [0.5, 0.6) is 5.75 Å². The fraction of sp³-hybridized carbons (Fsp3) is 0.333. The number of carboxylic acids is 1. The Hall–Kier alpha value is -2.68. The number of nitrogens with zero attached hydrogens (tertiary/aromatic N) is 2. The molecule has 0 aliphatic heterocycles. The summed E-state index contributed by atoms with van der Waals surface area (Å²) in [6.07, 6.45) is 5.16. The van der Waals surface area contributed by atoms with Gasteiger partial charge in [0.1, 0.15) is 12.3 Å². The van der Waals surface area contributed by atoms with E-state index < -0.39 is 18.5 Å². The van der Waals surface area contributed by atoms with Crippen LogP contribution < -0.4 is 4.74 Å². The molecule has 0 bridgehead atoms. The van der Waals surface area contributed by atoms with Crippen molar-refractivity contribution in [2.75, 3.05) is 27.2 Å². The summed E-state index contributed by atoms with van der Waals surface area (Å²) in [5.74, 6) is 1.92. The summed E-state index contributed by atoms with van der Waals surface area (Å²) in [5, 5.41) is 8.79. The van der Waals surface area contributed by atoms with Crippen LogP contribution in [0, 0.1) is 12.3 Å². The maximum atomic E-state index is 12.2. The van der Waals surface area contributed by atoms with E-state index in [1.807, 2.05) is 12.1 Å². The number of hydrogen-bond acceptors (Lipinski definition) is 3. The van der Waals surface area contributed by atoms with Gasteiger partial charge in [-0.2, -0.15) is 0 Å². The second-order valence-corrected chi connectivity index (χ2v) is 4.44. The topological polar surface area (TPSA) is 70.1 Å². The summed E-state index contributed by atoms with van der Waals surface area (Å²) in [7, 11) is 3.17. The van der Waals surface area contributed by atoms with Gasteiger partial charge in [0.15, 0.2) is 0 Å². The molecule has 21 heavy (non-hydrogen) atoms. The lowest BCUT2D eigenvalue weighted by Crippen LogP contribution is -2.43. The molecule has 0 spiro atoms. The quantitative estimate of drug-likeness (QED) is 0.801. The van der Waals surface area contributed by atoms with Crippen LogP contribution >= 0.6 is 0 Å². The molecule has 2 amide bonds. The zero-order chi connectivity index (χ0) is 15.8. The van der Waals surface area contributed by atoms with E-state index in [-0.39, 0.29) is 6.54 Å². The fourth-order valence-electron chi connectivity index (χ4n) is 1.78. The monoisotopic (exact) mass is 290 g/mol. The maximum Gasteiger partial charge on any atom is 0.323 e. The van der Waals surface area contributed by atoms with Gasteiger partial charge >= 0.3 is 12.0 Å². The highest BCUT2D eigenvalue weighted by atomic mass is 16.5. The van der Waals surface area contributed by atoms with Gasteiger partial charge in [0.05, 0.1) is 13.7 Å². The van der Waals surface area contributed by atoms with Crippen LogP contribution in [0.25, 0.3) is 0 Å². The first-order valence-electron chi connectivity index (χ1n) is 6.26. The van der Waals surface area contributed by atoms with Crippen molar-refractivity contribution in [2.45, 2.75) is 6.54 Å². The largest absolute Gasteiger partial charge is 0.497 e. The lowest BCUT2D eigenvalue weighted by Gasteiger charge is -2.25. The van der Waals surface area contributed by atoms with Crippen LogP contribution in [-0.2, 0) is 11.3 Å². The molecule has 0 aromatic heterocycles. The van der Waals surface area contributed by atoms with Gasteiger partial charge in [-0.25, -0.2) is 4.79 Å². The smallest absolute Gasteiger partial charge is 0.323 e. The van der Waals surface area contributed by atoms with Gasteiger partial charge < -0.3 is 19.6 Å². The molecule has 6 nitrogen and oxygen atoms in total. The van der Waals surface area contributed by atoms with Gasteiger partial charge in [-0.05, 0) is 17.7 Å². The molecule has 112 valence electrons. The van der Waals surface area contributed by atoms with Crippen LogP contribution in [0.1, 0.15) is 5.56 Å². The highest BCUT2D eigenvalue weighted by Gasteiger charge is 2.19. The van der Waals surface area contributed by atoms with Crippen molar-refractivity contribution < 1.29 is 19.4 Å². The molecule has 0 unspecified atom stereocenters. The first-order valence-corrected chi connectivity index (χ1v) is 6.26. The number of benzene rings is 1. The summed E-state index contributed by atoms with van der Waals surface area (Å²) >= 11 is 0. The summed E-state index contributed by atoms with van der Waals surface area (Å²) in [5.41, 5.74) is 0.905. The number of carbonyl (C=O) groups is 2. The summed E-state index contributed by atoms with van der Waals surface area (Å²) in [4.78, 5) is 25.4. The molecular weight excluding hydrogens is 272 g/mol. The highest BCUT2D eigenvalue weighted by Crippen LogP contribution is 2.13. The molecule has 0 radical (unpaired) electrons. The summed E-state index contributed by atoms with van der Waals surface area (Å²) in [6, 6.07) is 6.84. The van der Waals surface area contributed by atoms with E-state index in [9.17, 15) is 9.59 Å². The molecule has 6 heteroatoms. The number of ether oxygens (including phenoxy) is 1. The second kappa shape index (κ2) is 7.80. The van der Waals surface area contributed by atoms with Gasteiger partial charge in [-0.15, -0.1) is 6.42 Å². The minimum atomic E-state index is -1.10. The Balaban J connectivity index is 2.70. The number of aliphatic carboxylic acids is 1. The van der Waals surface area contributed by atoms with Gasteiger partial charge in [0, 0.05) is 13.6 Å². The number of methoxy groups -OCH3 is 1. The third-order valence-electron chi connectivity index (χ3n) is 2.78. The molecule has 1 rings (SSSR count). The van der Waals surface area contributed by atoms with Crippen molar-refractivity contribution in [3.63, 3.8) is 0 Å². The molecule has 1 aromatic rings. The fourth-order valence-corrected chi connectivity index (χ4v) is 1.78. The third kappa shape index (κ3) is 5.07. The van der Waals surface area contributed by atoms with Crippen LogP contribution in [0.2, 0.25) is 0 Å². The summed E-state index contributed by atoms with van der Waals surface area (Å²) < 4.78 is 5.06. The van der Waals surface area contributed by atoms with Crippen molar-refractivity contribution in [2.24, 2.45) is 0 Å². The molecular formula is C15H18N2O4. The Morgan fingerprint density at radius 3 is 2.43 bits per heavy atom. The lowest BCUT2D eigenvalue weighted by atomic mass is 10.2. The molecule has 0 aliphatic carbocycles. The predicted octanol–water partition coefficient (Wildman–Crippen LogP) is 1.27. The molecule has 1 aromatic carbocycles. The normalized spacial score (nSPS) is 9.57. The number of carbonyl (C=O) groups excluding carboxylic acids is 1. The Kier molecular flexibility index (Phi) is 6.08. The molecule has 0 heterocycles. The van der Waals surface area contributed by atoms with Crippen molar-refractivity contribution in [3.05, 3.63) is 29.8 Å². The SMILES string of the molecule is C#CCN(CC(=O)O)C(=O)N(C)Cc1ccc(OC)cc1. The van der Waals surface area contributed by atoms with Gasteiger partial charge in [-0.1, -0.05) is 18.1 Å². The number of hydrogen-bond donors (Lipinski definition) is 1. The van der Waals surface area contributed by atoms with Crippen molar-refractivity contribution in [1.29, 1.82) is 0 Å². The lowest BCUT2D eigenvalue weighted by molar-refractivity contribution is -0.137. The molecule has 0 fully saturated rings. The van der Waals surface area contributed by atoms with E-state index in [1.165, 1.54) is 4.90 Å². The highest BCUT2D eigenvalue weighted by molar-refractivity contribution is 5.80. The standard InChI is InChI=1S/C15H18N2O4/c1-4-9-17(11-14(18)19)15(20)16(2)10-12-5-7-13(21-3)8-6-12/h1,5-8H,9-11H2,2-3H3,(H,18,19). The molecule has 0 saturated heterocycles. The average Bonchev–Trinajstić information content (AvgIpc) is 2.46. The van der Waals surface area contributed by atoms with Gasteiger partial charge in [0.25, 0.3) is 0 Å². The minimum Gasteiger partial charge on any atom is -0.497 e. The molecule has 0 aliphatic rings. The van der Waals surface area contributed by atoms with E-state index >= 15 is 0 Å². The maximum absolute atomic E-state index is 12.2. The Morgan fingerprint density at radius 1 is 1.33 bits per heavy atom.